The first-order valence-corrected chi connectivity index (χ1v) is 36.2. The molecule has 0 aromatic heterocycles. The first-order valence-electron chi connectivity index (χ1n) is 36.2. The summed E-state index contributed by atoms with van der Waals surface area (Å²) in [5, 5.41) is 23.4. The first kappa shape index (κ1) is 78.1. The molecular weight excluding hydrogens is 983 g/mol. The van der Waals surface area contributed by atoms with Crippen molar-refractivity contribution >= 4 is 11.9 Å². The van der Waals surface area contributed by atoms with Crippen LogP contribution in [0.15, 0.2) is 36.5 Å². The molecule has 472 valence electrons. The van der Waals surface area contributed by atoms with Crippen molar-refractivity contribution in [1.82, 2.24) is 5.32 Å². The van der Waals surface area contributed by atoms with Crippen molar-refractivity contribution < 1.29 is 24.5 Å². The summed E-state index contributed by atoms with van der Waals surface area (Å²) in [6.07, 6.45) is 89.1. The van der Waals surface area contributed by atoms with Gasteiger partial charge in [-0.3, -0.25) is 9.59 Å². The van der Waals surface area contributed by atoms with Gasteiger partial charge in [0.2, 0.25) is 5.91 Å². The number of nitrogens with one attached hydrogen (secondary N) is 1. The molecule has 0 heterocycles. The van der Waals surface area contributed by atoms with Crippen molar-refractivity contribution in [3.05, 3.63) is 36.5 Å². The number of allylic oxidation sites excluding steroid dienone is 6. The number of carbonyl (C=O) groups excluding carboxylic acids is 2. The molecular formula is C74H141NO5. The predicted octanol–water partition coefficient (Wildman–Crippen LogP) is 23.5. The smallest absolute Gasteiger partial charge is 0.305 e. The quantitative estimate of drug-likeness (QED) is 0.0320. The molecule has 6 nitrogen and oxygen atoms in total. The molecule has 0 aromatic carbocycles. The Bertz CT molecular complexity index is 1300. The fraction of sp³-hybridized carbons (Fsp3) is 0.892. The van der Waals surface area contributed by atoms with Crippen LogP contribution in [0.2, 0.25) is 0 Å². The molecule has 2 atom stereocenters. The maximum absolute atomic E-state index is 12.5. The second-order valence-electron chi connectivity index (χ2n) is 24.9. The summed E-state index contributed by atoms with van der Waals surface area (Å²) in [6.45, 7) is 4.97. The van der Waals surface area contributed by atoms with Gasteiger partial charge in [-0.15, -0.1) is 0 Å². The Hall–Kier alpha value is -1.92. The maximum atomic E-state index is 12.5. The number of rotatable bonds is 68. The summed E-state index contributed by atoms with van der Waals surface area (Å²) >= 11 is 0. The zero-order chi connectivity index (χ0) is 57.8. The molecule has 0 aliphatic rings. The van der Waals surface area contributed by atoms with Gasteiger partial charge in [-0.1, -0.05) is 339 Å². The Labute approximate surface area is 500 Å². The number of aliphatic hydroxyl groups excluding tert-OH is 2. The van der Waals surface area contributed by atoms with Crippen molar-refractivity contribution in [1.29, 1.82) is 0 Å². The van der Waals surface area contributed by atoms with E-state index in [1.165, 1.54) is 315 Å². The number of esters is 1. The van der Waals surface area contributed by atoms with E-state index in [9.17, 15) is 19.8 Å². The number of carbonyl (C=O) groups is 2. The van der Waals surface area contributed by atoms with Gasteiger partial charge in [0.15, 0.2) is 0 Å². The minimum absolute atomic E-state index is 0.00320. The highest BCUT2D eigenvalue weighted by molar-refractivity contribution is 5.76. The Balaban J connectivity index is 3.41. The van der Waals surface area contributed by atoms with Crippen LogP contribution in [0.5, 0.6) is 0 Å². The van der Waals surface area contributed by atoms with Crippen molar-refractivity contribution in [2.45, 2.75) is 411 Å². The fourth-order valence-corrected chi connectivity index (χ4v) is 11.4. The summed E-state index contributed by atoms with van der Waals surface area (Å²) in [4.78, 5) is 24.6. The van der Waals surface area contributed by atoms with E-state index in [4.69, 9.17) is 4.74 Å². The summed E-state index contributed by atoms with van der Waals surface area (Å²) in [6, 6.07) is -0.544. The zero-order valence-corrected chi connectivity index (χ0v) is 54.1. The van der Waals surface area contributed by atoms with E-state index in [0.717, 1.165) is 51.4 Å². The van der Waals surface area contributed by atoms with Crippen LogP contribution in [0, 0.1) is 0 Å². The van der Waals surface area contributed by atoms with Crippen LogP contribution in [0.25, 0.3) is 0 Å². The lowest BCUT2D eigenvalue weighted by atomic mass is 10.0. The highest BCUT2D eigenvalue weighted by Gasteiger charge is 2.20. The molecule has 0 spiro atoms. The largest absolute Gasteiger partial charge is 0.466 e. The summed E-state index contributed by atoms with van der Waals surface area (Å²) in [7, 11) is 0. The van der Waals surface area contributed by atoms with Crippen LogP contribution in [-0.2, 0) is 14.3 Å². The van der Waals surface area contributed by atoms with E-state index >= 15 is 0 Å². The maximum Gasteiger partial charge on any atom is 0.305 e. The number of aliphatic hydroxyl groups is 2. The van der Waals surface area contributed by atoms with Gasteiger partial charge in [-0.05, 0) is 83.5 Å². The van der Waals surface area contributed by atoms with Crippen LogP contribution in [0.3, 0.4) is 0 Å². The lowest BCUT2D eigenvalue weighted by molar-refractivity contribution is -0.143. The zero-order valence-electron chi connectivity index (χ0n) is 54.1. The third kappa shape index (κ3) is 65.2. The Morgan fingerprint density at radius 1 is 0.350 bits per heavy atom. The standard InChI is InChI=1S/C74H141NO5/c1-3-5-7-9-11-13-15-17-18-19-20-30-33-36-39-43-46-50-54-58-62-66-72(77)71(70-76)75-73(78)67-63-59-55-51-47-44-40-37-34-31-28-26-24-22-21-23-25-27-29-32-35-38-41-45-49-53-57-61-65-69-80-74(79)68-64-60-56-52-48-42-16-14-12-10-8-6-4-2/h14,16,21,23,27,29,71-72,76-77H,3-13,15,17-20,22,24-26,28,30-70H2,1-2H3,(H,75,78)/b16-14-,23-21-,29-27-. The molecule has 0 saturated heterocycles. The molecule has 0 aliphatic carbocycles. The van der Waals surface area contributed by atoms with Crippen molar-refractivity contribution in [2.75, 3.05) is 13.2 Å². The molecule has 0 fully saturated rings. The van der Waals surface area contributed by atoms with Gasteiger partial charge < -0.3 is 20.3 Å². The third-order valence-corrected chi connectivity index (χ3v) is 16.9. The summed E-state index contributed by atoms with van der Waals surface area (Å²) < 4.78 is 5.48. The van der Waals surface area contributed by atoms with Crippen LogP contribution in [0.4, 0.5) is 0 Å². The molecule has 80 heavy (non-hydrogen) atoms. The Kier molecular flexibility index (Phi) is 67.9. The molecule has 0 rings (SSSR count). The molecule has 0 aliphatic heterocycles. The average molecular weight is 1120 g/mol. The third-order valence-electron chi connectivity index (χ3n) is 16.9. The van der Waals surface area contributed by atoms with Crippen molar-refractivity contribution in [3.8, 4) is 0 Å². The van der Waals surface area contributed by atoms with E-state index in [2.05, 4.69) is 55.6 Å². The van der Waals surface area contributed by atoms with E-state index in [-0.39, 0.29) is 18.5 Å². The van der Waals surface area contributed by atoms with Crippen LogP contribution in [-0.4, -0.2) is 47.4 Å². The molecule has 0 bridgehead atoms. The lowest BCUT2D eigenvalue weighted by Crippen LogP contribution is -2.45. The van der Waals surface area contributed by atoms with Crippen molar-refractivity contribution in [2.24, 2.45) is 0 Å². The predicted molar refractivity (Wildman–Crippen MR) is 352 cm³/mol. The second-order valence-corrected chi connectivity index (χ2v) is 24.9. The highest BCUT2D eigenvalue weighted by atomic mass is 16.5. The van der Waals surface area contributed by atoms with Crippen LogP contribution < -0.4 is 5.32 Å². The first-order chi connectivity index (χ1) is 39.5. The second kappa shape index (κ2) is 69.6. The normalized spacial score (nSPS) is 12.7. The lowest BCUT2D eigenvalue weighted by Gasteiger charge is -2.22. The monoisotopic (exact) mass is 1120 g/mol. The van der Waals surface area contributed by atoms with Crippen LogP contribution in [0.1, 0.15) is 399 Å². The summed E-state index contributed by atoms with van der Waals surface area (Å²) in [5.74, 6) is -0.0287. The van der Waals surface area contributed by atoms with Crippen molar-refractivity contribution in [3.63, 3.8) is 0 Å². The topological polar surface area (TPSA) is 95.9 Å². The van der Waals surface area contributed by atoms with Crippen LogP contribution >= 0.6 is 0 Å². The summed E-state index contributed by atoms with van der Waals surface area (Å²) in [5.41, 5.74) is 0. The molecule has 0 radical (unpaired) electrons. The highest BCUT2D eigenvalue weighted by Crippen LogP contribution is 2.19. The minimum Gasteiger partial charge on any atom is -0.466 e. The Morgan fingerprint density at radius 2 is 0.625 bits per heavy atom. The van der Waals surface area contributed by atoms with Gasteiger partial charge in [0, 0.05) is 12.8 Å². The van der Waals surface area contributed by atoms with Gasteiger partial charge in [0.05, 0.1) is 25.4 Å². The Morgan fingerprint density at radius 3 is 0.975 bits per heavy atom. The molecule has 6 heteroatoms. The van der Waals surface area contributed by atoms with E-state index < -0.39 is 12.1 Å². The van der Waals surface area contributed by atoms with Gasteiger partial charge in [0.1, 0.15) is 0 Å². The van der Waals surface area contributed by atoms with Gasteiger partial charge in [-0.2, -0.15) is 0 Å². The van der Waals surface area contributed by atoms with Gasteiger partial charge >= 0.3 is 5.97 Å². The molecule has 1 amide bonds. The minimum atomic E-state index is -0.666. The number of ether oxygens (including phenoxy) is 1. The number of unbranched alkanes of at least 4 members (excludes halogenated alkanes) is 51. The number of amides is 1. The molecule has 0 saturated carbocycles. The fourth-order valence-electron chi connectivity index (χ4n) is 11.4. The molecule has 0 aromatic rings. The van der Waals surface area contributed by atoms with E-state index in [1.54, 1.807) is 0 Å². The SMILES string of the molecule is CCCCCC/C=C\CCCCCCCC(=O)OCCCCCCCCCCC/C=C\C/C=C\CCCCCCCCCCCCCCCC(=O)NC(CO)C(O)CCCCCCCCCCCCCCCCCCCCCCC. The molecule has 3 N–H and O–H groups in total. The number of hydrogen-bond acceptors (Lipinski definition) is 5. The van der Waals surface area contributed by atoms with E-state index in [0.29, 0.717) is 25.9 Å². The van der Waals surface area contributed by atoms with Gasteiger partial charge in [-0.25, -0.2) is 0 Å². The van der Waals surface area contributed by atoms with Gasteiger partial charge in [0.25, 0.3) is 0 Å². The number of hydrogen-bond donors (Lipinski definition) is 3. The average Bonchev–Trinajstić information content (AvgIpc) is 3.46. The van der Waals surface area contributed by atoms with E-state index in [1.807, 2.05) is 0 Å². The molecule has 2 unspecified atom stereocenters.